The summed E-state index contributed by atoms with van der Waals surface area (Å²) in [6.07, 6.45) is 8.37. The SMILES string of the molecule is O=C(N[C@H]1c2ccccc2C2(CCNCC2)[C@@H]1OCc1cccnc1)c1ccoc1. The van der Waals surface area contributed by atoms with Crippen molar-refractivity contribution < 1.29 is 13.9 Å². The number of aromatic nitrogens is 1. The van der Waals surface area contributed by atoms with Crippen molar-refractivity contribution in [1.82, 2.24) is 15.6 Å². The lowest BCUT2D eigenvalue weighted by Gasteiger charge is -2.41. The Kier molecular flexibility index (Phi) is 5.11. The Morgan fingerprint density at radius 1 is 1.20 bits per heavy atom. The second-order valence-electron chi connectivity index (χ2n) is 8.05. The van der Waals surface area contributed by atoms with Gasteiger partial charge in [-0.1, -0.05) is 30.3 Å². The Hall–Kier alpha value is -2.96. The van der Waals surface area contributed by atoms with Crippen LogP contribution in [-0.2, 0) is 16.8 Å². The van der Waals surface area contributed by atoms with E-state index in [0.717, 1.165) is 37.1 Å². The van der Waals surface area contributed by atoms with Crippen LogP contribution in [0.3, 0.4) is 0 Å². The minimum Gasteiger partial charge on any atom is -0.472 e. The molecule has 1 aliphatic carbocycles. The Bertz CT molecular complexity index is 998. The van der Waals surface area contributed by atoms with Crippen LogP contribution in [0, 0.1) is 0 Å². The molecule has 0 unspecified atom stereocenters. The number of carbonyl (C=O) groups is 1. The quantitative estimate of drug-likeness (QED) is 0.683. The van der Waals surface area contributed by atoms with E-state index in [9.17, 15) is 4.79 Å². The van der Waals surface area contributed by atoms with Crippen LogP contribution in [0.25, 0.3) is 0 Å². The van der Waals surface area contributed by atoms with Crippen LogP contribution in [0.15, 0.2) is 71.8 Å². The lowest BCUT2D eigenvalue weighted by atomic mass is 9.72. The van der Waals surface area contributed by atoms with Crippen molar-refractivity contribution in [2.24, 2.45) is 0 Å². The van der Waals surface area contributed by atoms with E-state index in [2.05, 4.69) is 33.8 Å². The van der Waals surface area contributed by atoms with E-state index in [1.165, 1.54) is 18.1 Å². The summed E-state index contributed by atoms with van der Waals surface area (Å²) < 4.78 is 11.7. The van der Waals surface area contributed by atoms with Gasteiger partial charge in [-0.2, -0.15) is 0 Å². The summed E-state index contributed by atoms with van der Waals surface area (Å²) in [6, 6.07) is 13.8. The van der Waals surface area contributed by atoms with Crippen LogP contribution < -0.4 is 10.6 Å². The number of hydrogen-bond donors (Lipinski definition) is 2. The number of hydrogen-bond acceptors (Lipinski definition) is 5. The summed E-state index contributed by atoms with van der Waals surface area (Å²) in [4.78, 5) is 17.1. The molecule has 2 aliphatic rings. The van der Waals surface area contributed by atoms with Crippen LogP contribution >= 0.6 is 0 Å². The molecular formula is C24H25N3O3. The number of amides is 1. The fourth-order valence-corrected chi connectivity index (χ4v) is 4.98. The minimum atomic E-state index is -0.224. The summed E-state index contributed by atoms with van der Waals surface area (Å²) in [7, 11) is 0. The van der Waals surface area contributed by atoms with Crippen molar-refractivity contribution >= 4 is 5.91 Å². The average Bonchev–Trinajstić information content (AvgIpc) is 3.41. The molecule has 6 nitrogen and oxygen atoms in total. The molecule has 0 radical (unpaired) electrons. The van der Waals surface area contributed by atoms with E-state index in [0.29, 0.717) is 12.2 Å². The number of nitrogens with one attached hydrogen (secondary N) is 2. The first kappa shape index (κ1) is 19.0. The number of pyridine rings is 1. The predicted octanol–water partition coefficient (Wildman–Crippen LogP) is 3.37. The van der Waals surface area contributed by atoms with Gasteiger partial charge in [-0.25, -0.2) is 0 Å². The average molecular weight is 403 g/mol. The molecule has 6 heteroatoms. The van der Waals surface area contributed by atoms with E-state index in [-0.39, 0.29) is 23.5 Å². The summed E-state index contributed by atoms with van der Waals surface area (Å²) in [5, 5.41) is 6.71. The van der Waals surface area contributed by atoms with Crippen LogP contribution in [-0.4, -0.2) is 30.1 Å². The van der Waals surface area contributed by atoms with Gasteiger partial charge in [0, 0.05) is 17.8 Å². The molecule has 30 heavy (non-hydrogen) atoms. The van der Waals surface area contributed by atoms with Crippen molar-refractivity contribution in [1.29, 1.82) is 0 Å². The standard InChI is InChI=1S/C24H25N3O3/c28-23(18-7-13-29-16-18)27-21-19-5-1-2-6-20(19)24(8-11-25-12-9-24)22(21)30-15-17-4-3-10-26-14-17/h1-7,10,13-14,16,21-22,25H,8-9,11-12,15H2,(H,27,28)/t21-,22+/m0/s1. The van der Waals surface area contributed by atoms with E-state index < -0.39 is 0 Å². The maximum Gasteiger partial charge on any atom is 0.255 e. The molecule has 154 valence electrons. The number of nitrogens with zero attached hydrogens (tertiary/aromatic N) is 1. The number of fused-ring (bicyclic) bond motifs is 2. The summed E-state index contributed by atoms with van der Waals surface area (Å²) in [6.45, 7) is 2.33. The van der Waals surface area contributed by atoms with Crippen molar-refractivity contribution in [3.63, 3.8) is 0 Å². The highest BCUT2D eigenvalue weighted by Gasteiger charge is 2.53. The first-order valence-corrected chi connectivity index (χ1v) is 10.4. The molecule has 3 heterocycles. The van der Waals surface area contributed by atoms with Gasteiger partial charge in [0.25, 0.3) is 5.91 Å². The molecule has 2 atom stereocenters. The van der Waals surface area contributed by atoms with Crippen molar-refractivity contribution in [3.05, 3.63) is 89.6 Å². The Labute approximate surface area is 175 Å². The molecule has 5 rings (SSSR count). The van der Waals surface area contributed by atoms with E-state index in [4.69, 9.17) is 9.15 Å². The molecule has 1 amide bonds. The Morgan fingerprint density at radius 2 is 2.07 bits per heavy atom. The lowest BCUT2D eigenvalue weighted by Crippen LogP contribution is -2.49. The molecule has 2 N–H and O–H groups in total. The zero-order valence-electron chi connectivity index (χ0n) is 16.7. The van der Waals surface area contributed by atoms with E-state index in [1.807, 2.05) is 24.4 Å². The highest BCUT2D eigenvalue weighted by atomic mass is 16.5. The molecule has 1 fully saturated rings. The fourth-order valence-electron chi connectivity index (χ4n) is 4.98. The second kappa shape index (κ2) is 8.05. The van der Waals surface area contributed by atoms with Gasteiger partial charge in [-0.3, -0.25) is 9.78 Å². The van der Waals surface area contributed by atoms with Crippen molar-refractivity contribution in [2.75, 3.05) is 13.1 Å². The van der Waals surface area contributed by atoms with Crippen LogP contribution in [0.2, 0.25) is 0 Å². The Morgan fingerprint density at radius 3 is 2.83 bits per heavy atom. The van der Waals surface area contributed by atoms with Crippen LogP contribution in [0.4, 0.5) is 0 Å². The normalized spacial score (nSPS) is 22.0. The van der Waals surface area contributed by atoms with Gasteiger partial charge in [-0.15, -0.1) is 0 Å². The van der Waals surface area contributed by atoms with Crippen molar-refractivity contribution in [2.45, 2.75) is 37.0 Å². The smallest absolute Gasteiger partial charge is 0.255 e. The maximum atomic E-state index is 12.9. The van der Waals surface area contributed by atoms with Gasteiger partial charge >= 0.3 is 0 Å². The van der Waals surface area contributed by atoms with Gasteiger partial charge in [0.2, 0.25) is 0 Å². The first-order valence-electron chi connectivity index (χ1n) is 10.4. The highest BCUT2D eigenvalue weighted by molar-refractivity contribution is 5.94. The highest BCUT2D eigenvalue weighted by Crippen LogP contribution is 2.51. The zero-order chi connectivity index (χ0) is 20.4. The van der Waals surface area contributed by atoms with Gasteiger partial charge in [0.15, 0.2) is 0 Å². The number of carbonyl (C=O) groups excluding carboxylic acids is 1. The molecule has 1 aliphatic heterocycles. The number of piperidine rings is 1. The van der Waals surface area contributed by atoms with Gasteiger partial charge in [0.05, 0.1) is 30.6 Å². The van der Waals surface area contributed by atoms with Gasteiger partial charge in [0.1, 0.15) is 6.26 Å². The lowest BCUT2D eigenvalue weighted by molar-refractivity contribution is -0.0363. The second-order valence-corrected chi connectivity index (χ2v) is 8.05. The molecule has 0 bridgehead atoms. The third kappa shape index (κ3) is 3.32. The number of rotatable bonds is 5. The third-order valence-corrected chi connectivity index (χ3v) is 6.40. The first-order chi connectivity index (χ1) is 14.8. The van der Waals surface area contributed by atoms with E-state index in [1.54, 1.807) is 12.3 Å². The molecular weight excluding hydrogens is 378 g/mol. The minimum absolute atomic E-state index is 0.127. The van der Waals surface area contributed by atoms with Gasteiger partial charge < -0.3 is 19.8 Å². The molecule has 0 saturated carbocycles. The zero-order valence-corrected chi connectivity index (χ0v) is 16.7. The van der Waals surface area contributed by atoms with Crippen LogP contribution in [0.5, 0.6) is 0 Å². The largest absolute Gasteiger partial charge is 0.472 e. The number of ether oxygens (including phenoxy) is 1. The predicted molar refractivity (Wildman–Crippen MR) is 112 cm³/mol. The maximum absolute atomic E-state index is 12.9. The summed E-state index contributed by atoms with van der Waals surface area (Å²) >= 11 is 0. The van der Waals surface area contributed by atoms with Crippen molar-refractivity contribution in [3.8, 4) is 0 Å². The number of furan rings is 1. The molecule has 1 spiro atoms. The topological polar surface area (TPSA) is 76.4 Å². The molecule has 3 aromatic rings. The van der Waals surface area contributed by atoms with Gasteiger partial charge in [-0.05, 0) is 54.8 Å². The number of benzene rings is 1. The molecule has 1 saturated heterocycles. The molecule has 2 aromatic heterocycles. The summed E-state index contributed by atoms with van der Waals surface area (Å²) in [5.74, 6) is -0.149. The fraction of sp³-hybridized carbons (Fsp3) is 0.333. The third-order valence-electron chi connectivity index (χ3n) is 6.40. The van der Waals surface area contributed by atoms with E-state index >= 15 is 0 Å². The molecule has 1 aromatic carbocycles. The summed E-state index contributed by atoms with van der Waals surface area (Å²) in [5.41, 5.74) is 3.85. The van der Waals surface area contributed by atoms with Crippen LogP contribution in [0.1, 0.15) is 45.9 Å². The monoisotopic (exact) mass is 403 g/mol. The Balaban J connectivity index is 1.50.